The molecule has 3 saturated heterocycles. The summed E-state index contributed by atoms with van der Waals surface area (Å²) in [5, 5.41) is 6.75. The minimum atomic E-state index is -0.0101. The maximum absolute atomic E-state index is 12.9. The van der Waals surface area contributed by atoms with Crippen molar-refractivity contribution in [2.75, 3.05) is 68.1 Å². The quantitative estimate of drug-likeness (QED) is 0.605. The van der Waals surface area contributed by atoms with Gasteiger partial charge in [-0.3, -0.25) is 0 Å². The van der Waals surface area contributed by atoms with E-state index in [9.17, 15) is 4.79 Å². The summed E-state index contributed by atoms with van der Waals surface area (Å²) < 4.78 is 11.3. The van der Waals surface area contributed by atoms with E-state index in [1.54, 1.807) is 0 Å². The SMILES string of the molecule is CC[C@@H]1CCN(C(=O)Nc2ccc(C)c(-c3cc(N[C@H]4CCCOC4)nc(N4CCOCC4)c3)c2)C1. The van der Waals surface area contributed by atoms with E-state index in [0.717, 1.165) is 92.5 Å². The number of likely N-dealkylation sites (tertiary alicyclic amines) is 1. The van der Waals surface area contributed by atoms with Gasteiger partial charge in [0.05, 0.1) is 25.9 Å². The van der Waals surface area contributed by atoms with Crippen molar-refractivity contribution in [2.45, 2.75) is 45.6 Å². The van der Waals surface area contributed by atoms with E-state index in [1.807, 2.05) is 11.0 Å². The summed E-state index contributed by atoms with van der Waals surface area (Å²) in [7, 11) is 0. The molecule has 3 aliphatic rings. The standard InChI is InChI=1S/C28H39N5O3/c1-3-21-8-9-33(18-21)28(34)30-23-7-6-20(2)25(17-23)22-15-26(29-24-5-4-12-36-19-24)31-27(16-22)32-10-13-35-14-11-32/h6-7,15-17,21,24H,3-5,8-14,18-19H2,1-2H3,(H,29,31)(H,30,34)/t21-,24+/m1/s1. The van der Waals surface area contributed by atoms with Crippen LogP contribution in [0.2, 0.25) is 0 Å². The van der Waals surface area contributed by atoms with Crippen molar-refractivity contribution in [2.24, 2.45) is 5.92 Å². The van der Waals surface area contributed by atoms with Crippen LogP contribution in [-0.4, -0.2) is 74.6 Å². The number of pyridine rings is 1. The molecule has 0 saturated carbocycles. The molecule has 4 heterocycles. The molecule has 0 spiro atoms. The number of hydrogen-bond acceptors (Lipinski definition) is 6. The maximum Gasteiger partial charge on any atom is 0.321 e. The van der Waals surface area contributed by atoms with E-state index in [4.69, 9.17) is 14.5 Å². The average Bonchev–Trinajstić information content (AvgIpc) is 3.40. The summed E-state index contributed by atoms with van der Waals surface area (Å²) in [6.45, 7) is 10.6. The van der Waals surface area contributed by atoms with Gasteiger partial charge in [-0.25, -0.2) is 9.78 Å². The number of ether oxygens (including phenoxy) is 2. The number of aromatic nitrogens is 1. The number of amides is 2. The Morgan fingerprint density at radius 3 is 2.69 bits per heavy atom. The number of hydrogen-bond donors (Lipinski definition) is 2. The first-order valence-electron chi connectivity index (χ1n) is 13.4. The molecule has 5 rings (SSSR count). The van der Waals surface area contributed by atoms with Crippen LogP contribution in [0.25, 0.3) is 11.1 Å². The zero-order chi connectivity index (χ0) is 24.9. The smallest absolute Gasteiger partial charge is 0.321 e. The Morgan fingerprint density at radius 2 is 1.94 bits per heavy atom. The molecule has 0 bridgehead atoms. The number of nitrogens with one attached hydrogen (secondary N) is 2. The van der Waals surface area contributed by atoms with Crippen molar-refractivity contribution in [1.82, 2.24) is 9.88 Å². The third kappa shape index (κ3) is 5.93. The summed E-state index contributed by atoms with van der Waals surface area (Å²) in [6, 6.07) is 10.7. The van der Waals surface area contributed by atoms with E-state index >= 15 is 0 Å². The molecule has 2 aromatic rings. The zero-order valence-corrected chi connectivity index (χ0v) is 21.6. The predicted molar refractivity (Wildman–Crippen MR) is 144 cm³/mol. The summed E-state index contributed by atoms with van der Waals surface area (Å²) in [6.07, 6.45) is 4.35. The Morgan fingerprint density at radius 1 is 1.08 bits per heavy atom. The lowest BCUT2D eigenvalue weighted by Crippen LogP contribution is -2.37. The molecule has 194 valence electrons. The second-order valence-corrected chi connectivity index (χ2v) is 10.2. The molecule has 2 atom stereocenters. The van der Waals surface area contributed by atoms with Crippen LogP contribution in [0.3, 0.4) is 0 Å². The Kier molecular flexibility index (Phi) is 7.92. The van der Waals surface area contributed by atoms with Gasteiger partial charge in [-0.15, -0.1) is 0 Å². The molecule has 2 amide bonds. The number of morpholine rings is 1. The minimum Gasteiger partial charge on any atom is -0.379 e. The van der Waals surface area contributed by atoms with Gasteiger partial charge < -0.3 is 29.9 Å². The van der Waals surface area contributed by atoms with Gasteiger partial charge >= 0.3 is 6.03 Å². The topological polar surface area (TPSA) is 79.0 Å². The number of nitrogens with zero attached hydrogens (tertiary/aromatic N) is 3. The molecule has 0 unspecified atom stereocenters. The Labute approximate surface area is 214 Å². The van der Waals surface area contributed by atoms with Crippen LogP contribution in [0.5, 0.6) is 0 Å². The largest absolute Gasteiger partial charge is 0.379 e. The fraction of sp³-hybridized carbons (Fsp3) is 0.571. The maximum atomic E-state index is 12.9. The Balaban J connectivity index is 1.41. The molecule has 2 N–H and O–H groups in total. The molecule has 1 aromatic heterocycles. The Bertz CT molecular complexity index is 1050. The minimum absolute atomic E-state index is 0.0101. The monoisotopic (exact) mass is 493 g/mol. The van der Waals surface area contributed by atoms with E-state index < -0.39 is 0 Å². The molecule has 36 heavy (non-hydrogen) atoms. The summed E-state index contributed by atoms with van der Waals surface area (Å²) in [5.41, 5.74) is 4.17. The summed E-state index contributed by atoms with van der Waals surface area (Å²) >= 11 is 0. The lowest BCUT2D eigenvalue weighted by atomic mass is 10.00. The van der Waals surface area contributed by atoms with Crippen molar-refractivity contribution >= 4 is 23.4 Å². The highest BCUT2D eigenvalue weighted by molar-refractivity contribution is 5.91. The molecular weight excluding hydrogens is 454 g/mol. The van der Waals surface area contributed by atoms with Gasteiger partial charge in [0.25, 0.3) is 0 Å². The van der Waals surface area contributed by atoms with E-state index in [1.165, 1.54) is 0 Å². The summed E-state index contributed by atoms with van der Waals surface area (Å²) in [5.74, 6) is 2.42. The van der Waals surface area contributed by atoms with Crippen LogP contribution in [0.4, 0.5) is 22.1 Å². The molecule has 0 radical (unpaired) electrons. The van der Waals surface area contributed by atoms with E-state index in [-0.39, 0.29) is 12.1 Å². The number of aryl methyl sites for hydroxylation is 1. The van der Waals surface area contributed by atoms with Gasteiger partial charge in [0.2, 0.25) is 0 Å². The highest BCUT2D eigenvalue weighted by atomic mass is 16.5. The summed E-state index contributed by atoms with van der Waals surface area (Å²) in [4.78, 5) is 22.1. The number of urea groups is 1. The molecular formula is C28H39N5O3. The van der Waals surface area contributed by atoms with Crippen molar-refractivity contribution < 1.29 is 14.3 Å². The van der Waals surface area contributed by atoms with Gasteiger partial charge in [-0.2, -0.15) is 0 Å². The van der Waals surface area contributed by atoms with Crippen LogP contribution in [0.1, 0.15) is 38.2 Å². The molecule has 8 nitrogen and oxygen atoms in total. The molecule has 1 aromatic carbocycles. The third-order valence-corrected chi connectivity index (χ3v) is 7.61. The highest BCUT2D eigenvalue weighted by Crippen LogP contribution is 2.32. The van der Waals surface area contributed by atoms with E-state index in [0.29, 0.717) is 25.7 Å². The molecule has 0 aliphatic carbocycles. The van der Waals surface area contributed by atoms with Crippen molar-refractivity contribution in [3.8, 4) is 11.1 Å². The predicted octanol–water partition coefficient (Wildman–Crippen LogP) is 4.75. The van der Waals surface area contributed by atoms with Crippen LogP contribution in [0.15, 0.2) is 30.3 Å². The van der Waals surface area contributed by atoms with Gasteiger partial charge in [-0.05, 0) is 73.1 Å². The normalized spacial score (nSPS) is 22.5. The molecule has 3 aliphatic heterocycles. The van der Waals surface area contributed by atoms with Crippen molar-refractivity contribution in [3.63, 3.8) is 0 Å². The Hall–Kier alpha value is -2.84. The van der Waals surface area contributed by atoms with Gasteiger partial charge in [-0.1, -0.05) is 19.4 Å². The van der Waals surface area contributed by atoms with Crippen molar-refractivity contribution in [1.29, 1.82) is 0 Å². The van der Waals surface area contributed by atoms with Crippen LogP contribution in [-0.2, 0) is 9.47 Å². The number of benzene rings is 1. The van der Waals surface area contributed by atoms with Crippen LogP contribution >= 0.6 is 0 Å². The van der Waals surface area contributed by atoms with Gasteiger partial charge in [0.15, 0.2) is 0 Å². The second kappa shape index (κ2) is 11.5. The number of carbonyl (C=O) groups excluding carboxylic acids is 1. The number of anilines is 3. The molecule has 8 heteroatoms. The average molecular weight is 494 g/mol. The highest BCUT2D eigenvalue weighted by Gasteiger charge is 2.25. The van der Waals surface area contributed by atoms with Gasteiger partial charge in [0, 0.05) is 38.5 Å². The lowest BCUT2D eigenvalue weighted by Gasteiger charge is -2.29. The van der Waals surface area contributed by atoms with Gasteiger partial charge in [0.1, 0.15) is 11.6 Å². The van der Waals surface area contributed by atoms with E-state index in [2.05, 4.69) is 53.6 Å². The first-order chi connectivity index (χ1) is 17.6. The fourth-order valence-electron chi connectivity index (χ4n) is 5.33. The van der Waals surface area contributed by atoms with Crippen LogP contribution < -0.4 is 15.5 Å². The second-order valence-electron chi connectivity index (χ2n) is 10.2. The number of rotatable bonds is 6. The first-order valence-corrected chi connectivity index (χ1v) is 13.4. The first kappa shape index (κ1) is 24.8. The zero-order valence-electron chi connectivity index (χ0n) is 21.6. The fourth-order valence-corrected chi connectivity index (χ4v) is 5.33. The van der Waals surface area contributed by atoms with Crippen molar-refractivity contribution in [3.05, 3.63) is 35.9 Å². The van der Waals surface area contributed by atoms with Crippen LogP contribution in [0, 0.1) is 12.8 Å². The molecule has 3 fully saturated rings. The number of carbonyl (C=O) groups is 1. The third-order valence-electron chi connectivity index (χ3n) is 7.61. The lowest BCUT2D eigenvalue weighted by molar-refractivity contribution is 0.0875.